The van der Waals surface area contributed by atoms with Crippen molar-refractivity contribution in [2.45, 2.75) is 38.2 Å². The van der Waals surface area contributed by atoms with E-state index >= 15 is 0 Å². The molecule has 1 unspecified atom stereocenters. The van der Waals surface area contributed by atoms with Crippen LogP contribution in [-0.2, 0) is 0 Å². The molecule has 0 saturated carbocycles. The normalized spacial score (nSPS) is 23.4. The van der Waals surface area contributed by atoms with Crippen molar-refractivity contribution in [2.24, 2.45) is 0 Å². The first-order valence-electron chi connectivity index (χ1n) is 5.38. The lowest BCUT2D eigenvalue weighted by Gasteiger charge is -2.25. The van der Waals surface area contributed by atoms with Crippen LogP contribution < -0.4 is 5.32 Å². The summed E-state index contributed by atoms with van der Waals surface area (Å²) in [5.41, 5.74) is 0. The van der Waals surface area contributed by atoms with Gasteiger partial charge in [-0.15, -0.1) is 0 Å². The fourth-order valence-electron chi connectivity index (χ4n) is 1.87. The third-order valence-corrected chi connectivity index (χ3v) is 2.72. The average molecular weight is 206 g/mol. The number of rotatable bonds is 5. The van der Waals surface area contributed by atoms with E-state index in [1.54, 1.807) is 11.9 Å². The Hall–Kier alpha value is -0.220. The lowest BCUT2D eigenvalue weighted by atomic mass is 10.0. The molecule has 1 rings (SSSR count). The van der Waals surface area contributed by atoms with E-state index < -0.39 is 6.43 Å². The lowest BCUT2D eigenvalue weighted by Crippen LogP contribution is -2.37. The zero-order chi connectivity index (χ0) is 10.4. The molecule has 1 N–H and O–H groups in total. The fraction of sp³-hybridized carbons (Fsp3) is 1.00. The van der Waals surface area contributed by atoms with E-state index in [0.717, 1.165) is 19.5 Å². The van der Waals surface area contributed by atoms with Crippen LogP contribution in [0.2, 0.25) is 0 Å². The van der Waals surface area contributed by atoms with Crippen molar-refractivity contribution < 1.29 is 8.78 Å². The first kappa shape index (κ1) is 11.9. The van der Waals surface area contributed by atoms with E-state index in [1.807, 2.05) is 0 Å². The van der Waals surface area contributed by atoms with Gasteiger partial charge in [0.2, 0.25) is 0 Å². The third kappa shape index (κ3) is 4.86. The van der Waals surface area contributed by atoms with Crippen molar-refractivity contribution in [2.75, 3.05) is 26.7 Å². The smallest absolute Gasteiger partial charge is 0.251 e. The summed E-state index contributed by atoms with van der Waals surface area (Å²) < 4.78 is 24.0. The quantitative estimate of drug-likeness (QED) is 0.736. The Morgan fingerprint density at radius 3 is 2.79 bits per heavy atom. The minimum absolute atomic E-state index is 0.104. The van der Waals surface area contributed by atoms with Gasteiger partial charge in [0.05, 0.1) is 6.54 Å². The van der Waals surface area contributed by atoms with Gasteiger partial charge < -0.3 is 10.2 Å². The number of hydrogen-bond donors (Lipinski definition) is 1. The molecule has 0 aromatic rings. The molecule has 84 valence electrons. The Bertz CT molecular complexity index is 147. The van der Waals surface area contributed by atoms with Gasteiger partial charge in [-0.25, -0.2) is 8.78 Å². The van der Waals surface area contributed by atoms with E-state index in [2.05, 4.69) is 5.32 Å². The van der Waals surface area contributed by atoms with Crippen molar-refractivity contribution in [1.82, 2.24) is 10.2 Å². The predicted octanol–water partition coefficient (Wildman–Crippen LogP) is 1.72. The van der Waals surface area contributed by atoms with Crippen LogP contribution in [0, 0.1) is 0 Å². The Morgan fingerprint density at radius 2 is 2.21 bits per heavy atom. The monoisotopic (exact) mass is 206 g/mol. The van der Waals surface area contributed by atoms with E-state index in [9.17, 15) is 8.78 Å². The molecule has 0 bridgehead atoms. The molecular formula is C10H20F2N2. The van der Waals surface area contributed by atoms with Crippen LogP contribution in [0.5, 0.6) is 0 Å². The highest BCUT2D eigenvalue weighted by molar-refractivity contribution is 4.73. The van der Waals surface area contributed by atoms with Crippen LogP contribution in [0.4, 0.5) is 8.78 Å². The maximum Gasteiger partial charge on any atom is 0.251 e. The molecule has 0 aromatic carbocycles. The molecule has 1 heterocycles. The van der Waals surface area contributed by atoms with Gasteiger partial charge in [0, 0.05) is 6.04 Å². The highest BCUT2D eigenvalue weighted by Crippen LogP contribution is 2.10. The van der Waals surface area contributed by atoms with Gasteiger partial charge in [0.15, 0.2) is 0 Å². The molecule has 0 aromatic heterocycles. The molecule has 14 heavy (non-hydrogen) atoms. The summed E-state index contributed by atoms with van der Waals surface area (Å²) in [5.74, 6) is 0. The van der Waals surface area contributed by atoms with Crippen LogP contribution in [0.25, 0.3) is 0 Å². The van der Waals surface area contributed by atoms with Gasteiger partial charge in [-0.2, -0.15) is 0 Å². The fourth-order valence-corrected chi connectivity index (χ4v) is 1.87. The summed E-state index contributed by atoms with van der Waals surface area (Å²) in [5, 5.41) is 3.41. The van der Waals surface area contributed by atoms with Gasteiger partial charge in [-0.1, -0.05) is 6.42 Å². The minimum Gasteiger partial charge on any atom is -0.314 e. The van der Waals surface area contributed by atoms with E-state index in [-0.39, 0.29) is 6.54 Å². The molecule has 1 aliphatic heterocycles. The van der Waals surface area contributed by atoms with Crippen molar-refractivity contribution in [3.8, 4) is 0 Å². The summed E-state index contributed by atoms with van der Waals surface area (Å²) in [6.07, 6.45) is 2.50. The summed E-state index contributed by atoms with van der Waals surface area (Å²) in [6.45, 7) is 1.75. The summed E-state index contributed by atoms with van der Waals surface area (Å²) >= 11 is 0. The number of piperidine rings is 1. The van der Waals surface area contributed by atoms with E-state index in [0.29, 0.717) is 6.04 Å². The SMILES string of the molecule is CN(CCC1CCCCN1)CC(F)F. The Kier molecular flexibility index (Phi) is 5.33. The maximum atomic E-state index is 12.0. The Morgan fingerprint density at radius 1 is 1.43 bits per heavy atom. The maximum absolute atomic E-state index is 12.0. The van der Waals surface area contributed by atoms with Crippen LogP contribution >= 0.6 is 0 Å². The Labute approximate surface area is 84.7 Å². The van der Waals surface area contributed by atoms with Gasteiger partial charge in [0.25, 0.3) is 6.43 Å². The van der Waals surface area contributed by atoms with Gasteiger partial charge >= 0.3 is 0 Å². The lowest BCUT2D eigenvalue weighted by molar-refractivity contribution is 0.0979. The molecule has 0 spiro atoms. The van der Waals surface area contributed by atoms with Crippen molar-refractivity contribution in [3.05, 3.63) is 0 Å². The number of halogens is 2. The van der Waals surface area contributed by atoms with E-state index in [1.165, 1.54) is 19.3 Å². The summed E-state index contributed by atoms with van der Waals surface area (Å²) in [6, 6.07) is 0.545. The van der Waals surface area contributed by atoms with Crippen LogP contribution in [0.3, 0.4) is 0 Å². The predicted molar refractivity (Wildman–Crippen MR) is 53.8 cm³/mol. The summed E-state index contributed by atoms with van der Waals surface area (Å²) in [7, 11) is 1.76. The number of hydrogen-bond acceptors (Lipinski definition) is 2. The molecule has 1 aliphatic rings. The average Bonchev–Trinajstić information content (AvgIpc) is 2.15. The van der Waals surface area contributed by atoms with Gasteiger partial charge in [-0.3, -0.25) is 0 Å². The Balaban J connectivity index is 2.06. The zero-order valence-electron chi connectivity index (χ0n) is 8.81. The molecular weight excluding hydrogens is 186 g/mol. The second-order valence-electron chi connectivity index (χ2n) is 4.09. The van der Waals surface area contributed by atoms with Gasteiger partial charge in [-0.05, 0) is 39.4 Å². The molecule has 1 saturated heterocycles. The molecule has 1 fully saturated rings. The molecule has 0 aliphatic carbocycles. The second kappa shape index (κ2) is 6.30. The molecule has 4 heteroatoms. The van der Waals surface area contributed by atoms with E-state index in [4.69, 9.17) is 0 Å². The van der Waals surface area contributed by atoms with Crippen LogP contribution in [0.15, 0.2) is 0 Å². The highest BCUT2D eigenvalue weighted by atomic mass is 19.3. The summed E-state index contributed by atoms with van der Waals surface area (Å²) in [4.78, 5) is 1.71. The van der Waals surface area contributed by atoms with Crippen molar-refractivity contribution in [3.63, 3.8) is 0 Å². The first-order chi connectivity index (χ1) is 6.68. The first-order valence-corrected chi connectivity index (χ1v) is 5.38. The zero-order valence-corrected chi connectivity index (χ0v) is 8.81. The molecule has 0 radical (unpaired) electrons. The standard InChI is InChI=1S/C10H20F2N2/c1-14(8-10(11)12)7-5-9-4-2-3-6-13-9/h9-10,13H,2-8H2,1H3. The third-order valence-electron chi connectivity index (χ3n) is 2.72. The highest BCUT2D eigenvalue weighted by Gasteiger charge is 2.14. The van der Waals surface area contributed by atoms with Gasteiger partial charge in [0.1, 0.15) is 0 Å². The van der Waals surface area contributed by atoms with Crippen molar-refractivity contribution in [1.29, 1.82) is 0 Å². The number of nitrogens with one attached hydrogen (secondary N) is 1. The number of nitrogens with zero attached hydrogens (tertiary/aromatic N) is 1. The molecule has 0 amide bonds. The van der Waals surface area contributed by atoms with Crippen LogP contribution in [0.1, 0.15) is 25.7 Å². The second-order valence-corrected chi connectivity index (χ2v) is 4.09. The topological polar surface area (TPSA) is 15.3 Å². The number of alkyl halides is 2. The largest absolute Gasteiger partial charge is 0.314 e. The van der Waals surface area contributed by atoms with Crippen molar-refractivity contribution >= 4 is 0 Å². The molecule has 2 nitrogen and oxygen atoms in total. The minimum atomic E-state index is -2.21. The molecule has 1 atom stereocenters. The van der Waals surface area contributed by atoms with Crippen LogP contribution in [-0.4, -0.2) is 44.0 Å².